The van der Waals surface area contributed by atoms with E-state index in [1.54, 1.807) is 0 Å². The Labute approximate surface area is 69.8 Å². The minimum Gasteiger partial charge on any atom is -0.392 e. The molecule has 0 aromatic carbocycles. The fourth-order valence-electron chi connectivity index (χ4n) is 0.960. The van der Waals surface area contributed by atoms with Gasteiger partial charge in [-0.1, -0.05) is 19.6 Å². The van der Waals surface area contributed by atoms with Gasteiger partial charge in [0.2, 0.25) is 0 Å². The van der Waals surface area contributed by atoms with E-state index >= 15 is 0 Å². The van der Waals surface area contributed by atoms with Gasteiger partial charge in [-0.2, -0.15) is 0 Å². The second kappa shape index (κ2) is 3.00. The van der Waals surface area contributed by atoms with Crippen molar-refractivity contribution in [3.8, 4) is 11.5 Å². The third kappa shape index (κ3) is 2.68. The molecule has 0 saturated heterocycles. The van der Waals surface area contributed by atoms with Gasteiger partial charge in [0.25, 0.3) is 0 Å². The van der Waals surface area contributed by atoms with Gasteiger partial charge in [0.15, 0.2) is 0 Å². The second-order valence-electron chi connectivity index (χ2n) is 4.27. The summed E-state index contributed by atoms with van der Waals surface area (Å²) in [6, 6.07) is 0. The predicted octanol–water partition coefficient (Wildman–Crippen LogP) is 1.64. The summed E-state index contributed by atoms with van der Waals surface area (Å²) in [6.45, 7) is 6.68. The van der Waals surface area contributed by atoms with Gasteiger partial charge in [-0.05, 0) is 12.8 Å². The maximum atomic E-state index is 9.22. The van der Waals surface area contributed by atoms with Gasteiger partial charge >= 0.3 is 0 Å². The van der Waals surface area contributed by atoms with E-state index in [1.807, 2.05) is 0 Å². The zero-order chi connectivity index (χ0) is 8.48. The fraction of sp³-hybridized carbons (Fsp3) is 0.778. The monoisotopic (exact) mass is 168 g/mol. The first kappa shape index (κ1) is 8.83. The van der Waals surface area contributed by atoms with Gasteiger partial charge in [0, 0.05) is 5.92 Å². The SMILES string of the molecule is C[Si](C)(C)C#CC1CCC1O. The predicted molar refractivity (Wildman–Crippen MR) is 49.9 cm³/mol. The standard InChI is InChI=1S/C9H16OSi/c1-11(2,3)7-6-8-4-5-9(8)10/h8-10H,4-5H2,1-3H3. The van der Waals surface area contributed by atoms with E-state index in [2.05, 4.69) is 31.1 Å². The normalized spacial score (nSPS) is 30.2. The van der Waals surface area contributed by atoms with Crippen molar-refractivity contribution in [1.29, 1.82) is 0 Å². The molecule has 11 heavy (non-hydrogen) atoms. The van der Waals surface area contributed by atoms with Crippen molar-refractivity contribution in [3.05, 3.63) is 0 Å². The minimum absolute atomic E-state index is 0.126. The van der Waals surface area contributed by atoms with Crippen molar-refractivity contribution in [2.45, 2.75) is 38.6 Å². The molecule has 62 valence electrons. The molecule has 1 nitrogen and oxygen atoms in total. The molecule has 0 heterocycles. The average Bonchev–Trinajstić information content (AvgIpc) is 1.82. The van der Waals surface area contributed by atoms with Gasteiger partial charge < -0.3 is 5.11 Å². The van der Waals surface area contributed by atoms with Crippen LogP contribution in [-0.2, 0) is 0 Å². The smallest absolute Gasteiger partial charge is 0.129 e. The van der Waals surface area contributed by atoms with E-state index in [-0.39, 0.29) is 6.10 Å². The van der Waals surface area contributed by atoms with E-state index < -0.39 is 8.07 Å². The lowest BCUT2D eigenvalue weighted by molar-refractivity contribution is 0.0550. The van der Waals surface area contributed by atoms with Gasteiger partial charge in [-0.15, -0.1) is 11.5 Å². The summed E-state index contributed by atoms with van der Waals surface area (Å²) in [7, 11) is -1.20. The number of aliphatic hydroxyl groups excluding tert-OH is 1. The Hall–Kier alpha value is -0.263. The van der Waals surface area contributed by atoms with Crippen molar-refractivity contribution >= 4 is 8.07 Å². The highest BCUT2D eigenvalue weighted by molar-refractivity contribution is 6.83. The Morgan fingerprint density at radius 1 is 1.27 bits per heavy atom. The molecule has 0 bridgehead atoms. The molecular formula is C9H16OSi. The first-order valence-electron chi connectivity index (χ1n) is 4.20. The largest absolute Gasteiger partial charge is 0.392 e. The summed E-state index contributed by atoms with van der Waals surface area (Å²) < 4.78 is 0. The van der Waals surface area contributed by atoms with Crippen LogP contribution in [0.25, 0.3) is 0 Å². The van der Waals surface area contributed by atoms with Crippen LogP contribution in [0.3, 0.4) is 0 Å². The van der Waals surface area contributed by atoms with Crippen LogP contribution in [-0.4, -0.2) is 19.3 Å². The summed E-state index contributed by atoms with van der Waals surface area (Å²) in [4.78, 5) is 0. The second-order valence-corrected chi connectivity index (χ2v) is 9.02. The van der Waals surface area contributed by atoms with Crippen LogP contribution < -0.4 is 0 Å². The summed E-state index contributed by atoms with van der Waals surface area (Å²) >= 11 is 0. The first-order valence-corrected chi connectivity index (χ1v) is 7.70. The van der Waals surface area contributed by atoms with Crippen LogP contribution in [0.5, 0.6) is 0 Å². The topological polar surface area (TPSA) is 20.2 Å². The van der Waals surface area contributed by atoms with Crippen molar-refractivity contribution < 1.29 is 5.11 Å². The molecule has 0 spiro atoms. The number of hydrogen-bond acceptors (Lipinski definition) is 1. The first-order chi connectivity index (χ1) is 4.99. The lowest BCUT2D eigenvalue weighted by atomic mass is 9.83. The number of hydrogen-bond donors (Lipinski definition) is 1. The van der Waals surface area contributed by atoms with Crippen LogP contribution in [0.15, 0.2) is 0 Å². The van der Waals surface area contributed by atoms with Crippen molar-refractivity contribution in [1.82, 2.24) is 0 Å². The van der Waals surface area contributed by atoms with E-state index in [9.17, 15) is 5.11 Å². The maximum absolute atomic E-state index is 9.22. The van der Waals surface area contributed by atoms with Crippen LogP contribution in [0.1, 0.15) is 12.8 Å². The van der Waals surface area contributed by atoms with E-state index in [1.165, 1.54) is 0 Å². The zero-order valence-electron chi connectivity index (χ0n) is 7.52. The highest BCUT2D eigenvalue weighted by atomic mass is 28.3. The van der Waals surface area contributed by atoms with Crippen LogP contribution in [0, 0.1) is 17.4 Å². The highest BCUT2D eigenvalue weighted by Crippen LogP contribution is 2.26. The summed E-state index contributed by atoms with van der Waals surface area (Å²) in [5, 5.41) is 9.22. The van der Waals surface area contributed by atoms with Crippen molar-refractivity contribution in [2.75, 3.05) is 0 Å². The maximum Gasteiger partial charge on any atom is 0.129 e. The fourth-order valence-corrected chi connectivity index (χ4v) is 1.58. The zero-order valence-corrected chi connectivity index (χ0v) is 8.52. The average molecular weight is 168 g/mol. The molecule has 1 aliphatic carbocycles. The van der Waals surface area contributed by atoms with E-state index in [0.717, 1.165) is 12.8 Å². The van der Waals surface area contributed by atoms with Crippen molar-refractivity contribution in [3.63, 3.8) is 0 Å². The number of rotatable bonds is 0. The third-order valence-corrected chi connectivity index (χ3v) is 2.76. The summed E-state index contributed by atoms with van der Waals surface area (Å²) in [5.41, 5.74) is 3.28. The molecule has 2 heteroatoms. The van der Waals surface area contributed by atoms with Crippen molar-refractivity contribution in [2.24, 2.45) is 5.92 Å². The summed E-state index contributed by atoms with van der Waals surface area (Å²) in [6.07, 6.45) is 1.92. The Kier molecular flexibility index (Phi) is 2.41. The molecule has 0 aromatic rings. The van der Waals surface area contributed by atoms with Crippen LogP contribution >= 0.6 is 0 Å². The number of aliphatic hydroxyl groups is 1. The Morgan fingerprint density at radius 2 is 1.91 bits per heavy atom. The third-order valence-electron chi connectivity index (χ3n) is 1.87. The molecule has 0 aliphatic heterocycles. The lowest BCUT2D eigenvalue weighted by Gasteiger charge is -2.27. The minimum atomic E-state index is -1.20. The van der Waals surface area contributed by atoms with Gasteiger partial charge in [0.1, 0.15) is 8.07 Å². The summed E-state index contributed by atoms with van der Waals surface area (Å²) in [5.74, 6) is 3.46. The highest BCUT2D eigenvalue weighted by Gasteiger charge is 2.26. The quantitative estimate of drug-likeness (QED) is 0.430. The Balaban J connectivity index is 2.44. The van der Waals surface area contributed by atoms with Gasteiger partial charge in [-0.25, -0.2) is 0 Å². The Morgan fingerprint density at radius 3 is 2.18 bits per heavy atom. The molecule has 2 unspecified atom stereocenters. The molecule has 1 aliphatic rings. The Bertz CT molecular complexity index is 194. The molecule has 0 aromatic heterocycles. The molecule has 2 atom stereocenters. The van der Waals surface area contributed by atoms with E-state index in [0.29, 0.717) is 5.92 Å². The van der Waals surface area contributed by atoms with Crippen LogP contribution in [0.2, 0.25) is 19.6 Å². The van der Waals surface area contributed by atoms with Gasteiger partial charge in [0.05, 0.1) is 6.10 Å². The van der Waals surface area contributed by atoms with Crippen LogP contribution in [0.4, 0.5) is 0 Å². The lowest BCUT2D eigenvalue weighted by Crippen LogP contribution is -2.30. The molecular weight excluding hydrogens is 152 g/mol. The molecule has 1 saturated carbocycles. The molecule has 1 N–H and O–H groups in total. The molecule has 1 fully saturated rings. The van der Waals surface area contributed by atoms with Gasteiger partial charge in [-0.3, -0.25) is 0 Å². The van der Waals surface area contributed by atoms with E-state index in [4.69, 9.17) is 0 Å². The molecule has 1 rings (SSSR count). The molecule has 0 amide bonds. The molecule has 0 radical (unpaired) electrons.